The third-order valence-electron chi connectivity index (χ3n) is 7.95. The summed E-state index contributed by atoms with van der Waals surface area (Å²) in [4.78, 5) is 48.6. The van der Waals surface area contributed by atoms with Crippen LogP contribution in [0.4, 0.5) is 5.82 Å². The predicted molar refractivity (Wildman–Crippen MR) is 144 cm³/mol. The summed E-state index contributed by atoms with van der Waals surface area (Å²) in [6.07, 6.45) is 9.42. The lowest BCUT2D eigenvalue weighted by atomic mass is 9.84. The number of likely N-dealkylation sites (N-methyl/N-ethyl adjacent to an activating group) is 1. The Labute approximate surface area is 219 Å². The first-order chi connectivity index (χ1) is 17.7. The van der Waals surface area contributed by atoms with Gasteiger partial charge in [-0.2, -0.15) is 0 Å². The van der Waals surface area contributed by atoms with Crippen molar-refractivity contribution in [3.8, 4) is 0 Å². The van der Waals surface area contributed by atoms with E-state index in [9.17, 15) is 14.4 Å². The van der Waals surface area contributed by atoms with Crippen LogP contribution in [-0.2, 0) is 20.9 Å². The highest BCUT2D eigenvalue weighted by atomic mass is 16.2. The molecule has 2 heterocycles. The molecule has 37 heavy (non-hydrogen) atoms. The molecule has 0 bridgehead atoms. The van der Waals surface area contributed by atoms with E-state index in [1.54, 1.807) is 30.1 Å². The topological polar surface area (TPSA) is 126 Å². The van der Waals surface area contributed by atoms with Gasteiger partial charge in [0.15, 0.2) is 0 Å². The van der Waals surface area contributed by atoms with E-state index in [-0.39, 0.29) is 18.4 Å². The summed E-state index contributed by atoms with van der Waals surface area (Å²) in [6, 6.07) is 6.80. The first-order valence-electron chi connectivity index (χ1n) is 13.4. The van der Waals surface area contributed by atoms with Crippen molar-refractivity contribution in [1.82, 2.24) is 19.7 Å². The van der Waals surface area contributed by atoms with Crippen LogP contribution in [0.25, 0.3) is 10.8 Å². The molecular formula is C28H40N6O3. The number of anilines is 1. The number of likely N-dealkylation sites (tertiary alicyclic amines) is 1. The van der Waals surface area contributed by atoms with E-state index in [0.29, 0.717) is 37.7 Å². The van der Waals surface area contributed by atoms with E-state index in [1.807, 2.05) is 29.2 Å². The molecule has 1 aromatic carbocycles. The predicted octanol–water partition coefficient (Wildman–Crippen LogP) is 2.52. The highest BCUT2D eigenvalue weighted by molar-refractivity contribution is 5.91. The fourth-order valence-electron chi connectivity index (χ4n) is 5.84. The molecule has 9 nitrogen and oxygen atoms in total. The molecule has 1 saturated heterocycles. The van der Waals surface area contributed by atoms with Crippen LogP contribution >= 0.6 is 0 Å². The van der Waals surface area contributed by atoms with Crippen molar-refractivity contribution < 1.29 is 14.4 Å². The Morgan fingerprint density at radius 1 is 1.08 bits per heavy atom. The number of carbonyl (C=O) groups excluding carboxylic acids is 3. The molecule has 0 unspecified atom stereocenters. The van der Waals surface area contributed by atoms with Gasteiger partial charge in [-0.05, 0) is 48.3 Å². The van der Waals surface area contributed by atoms with Gasteiger partial charge in [-0.3, -0.25) is 19.3 Å². The lowest BCUT2D eigenvalue weighted by Gasteiger charge is -2.37. The van der Waals surface area contributed by atoms with Gasteiger partial charge in [0.2, 0.25) is 17.7 Å². The molecule has 9 heteroatoms. The number of rotatable bonds is 9. The van der Waals surface area contributed by atoms with Crippen LogP contribution in [0, 0.1) is 5.92 Å². The Balaban J connectivity index is 1.68. The quantitative estimate of drug-likeness (QED) is 0.536. The fourth-order valence-corrected chi connectivity index (χ4v) is 5.84. The Hall–Kier alpha value is -3.20. The smallest absolute Gasteiger partial charge is 0.240 e. The van der Waals surface area contributed by atoms with Crippen LogP contribution in [0.5, 0.6) is 0 Å². The monoisotopic (exact) mass is 508 g/mol. The van der Waals surface area contributed by atoms with Crippen molar-refractivity contribution in [2.75, 3.05) is 32.9 Å². The van der Waals surface area contributed by atoms with Crippen molar-refractivity contribution in [2.24, 2.45) is 11.7 Å². The van der Waals surface area contributed by atoms with Gasteiger partial charge in [0.1, 0.15) is 11.9 Å². The number of nitrogen functional groups attached to an aromatic ring is 1. The van der Waals surface area contributed by atoms with Crippen LogP contribution in [-0.4, -0.2) is 76.7 Å². The van der Waals surface area contributed by atoms with E-state index >= 15 is 0 Å². The van der Waals surface area contributed by atoms with E-state index in [0.717, 1.165) is 48.4 Å². The molecule has 2 atom stereocenters. The largest absolute Gasteiger partial charge is 0.383 e. The molecule has 0 spiro atoms. The first-order valence-corrected chi connectivity index (χ1v) is 13.4. The number of hydrogen-bond acceptors (Lipinski definition) is 6. The van der Waals surface area contributed by atoms with E-state index in [1.165, 1.54) is 6.42 Å². The van der Waals surface area contributed by atoms with Gasteiger partial charge in [-0.25, -0.2) is 4.98 Å². The zero-order valence-electron chi connectivity index (χ0n) is 22.1. The maximum Gasteiger partial charge on any atom is 0.240 e. The number of nitrogens with two attached hydrogens (primary N) is 2. The van der Waals surface area contributed by atoms with Crippen molar-refractivity contribution in [3.05, 3.63) is 36.0 Å². The number of fused-ring (bicyclic) bond motifs is 1. The van der Waals surface area contributed by atoms with Crippen molar-refractivity contribution in [2.45, 2.75) is 70.0 Å². The summed E-state index contributed by atoms with van der Waals surface area (Å²) in [7, 11) is 3.46. The average Bonchev–Trinajstić information content (AvgIpc) is 3.38. The number of amides is 3. The molecule has 4 rings (SSSR count). The summed E-state index contributed by atoms with van der Waals surface area (Å²) in [5.41, 5.74) is 12.7. The summed E-state index contributed by atoms with van der Waals surface area (Å²) in [5.74, 6) is 0.271. The minimum Gasteiger partial charge on any atom is -0.383 e. The number of benzene rings is 1. The summed E-state index contributed by atoms with van der Waals surface area (Å²) >= 11 is 0. The molecule has 0 radical (unpaired) electrons. The second-order valence-electron chi connectivity index (χ2n) is 10.8. The summed E-state index contributed by atoms with van der Waals surface area (Å²) < 4.78 is 0. The van der Waals surface area contributed by atoms with Gasteiger partial charge in [0.05, 0.1) is 12.6 Å². The summed E-state index contributed by atoms with van der Waals surface area (Å²) in [5, 5.41) is 1.84. The zero-order chi connectivity index (χ0) is 26.5. The minimum atomic E-state index is -0.580. The maximum atomic E-state index is 14.1. The highest BCUT2D eigenvalue weighted by Gasteiger charge is 2.40. The van der Waals surface area contributed by atoms with Gasteiger partial charge >= 0.3 is 0 Å². The second-order valence-corrected chi connectivity index (χ2v) is 10.8. The lowest BCUT2D eigenvalue weighted by molar-refractivity contribution is -0.144. The van der Waals surface area contributed by atoms with Crippen LogP contribution in [0.3, 0.4) is 0 Å². The van der Waals surface area contributed by atoms with Crippen LogP contribution in [0.15, 0.2) is 30.5 Å². The molecular weight excluding hydrogens is 468 g/mol. The van der Waals surface area contributed by atoms with E-state index in [2.05, 4.69) is 4.98 Å². The number of pyridine rings is 1. The van der Waals surface area contributed by atoms with Crippen LogP contribution < -0.4 is 11.5 Å². The first kappa shape index (κ1) is 26.9. The van der Waals surface area contributed by atoms with Crippen LogP contribution in [0.2, 0.25) is 0 Å². The molecule has 1 saturated carbocycles. The van der Waals surface area contributed by atoms with E-state index < -0.39 is 18.0 Å². The molecule has 1 aliphatic heterocycles. The SMILES string of the molecule is CN(C)C(=O)CN(Cc1ccc2c(N)nccc2c1)[C@H](CC1CCCCC1)C(=O)N1CCC[C@H]1C(N)=O. The Bertz CT molecular complexity index is 1130. The van der Waals surface area contributed by atoms with Crippen molar-refractivity contribution in [1.29, 1.82) is 0 Å². The minimum absolute atomic E-state index is 0.0662. The number of hydrogen-bond donors (Lipinski definition) is 2. The zero-order valence-corrected chi connectivity index (χ0v) is 22.1. The van der Waals surface area contributed by atoms with Gasteiger partial charge in [-0.1, -0.05) is 44.2 Å². The normalized spacial score (nSPS) is 19.3. The third-order valence-corrected chi connectivity index (χ3v) is 7.95. The fraction of sp³-hybridized carbons (Fsp3) is 0.571. The van der Waals surface area contributed by atoms with E-state index in [4.69, 9.17) is 11.5 Å². The average molecular weight is 509 g/mol. The van der Waals surface area contributed by atoms with Gasteiger partial charge < -0.3 is 21.3 Å². The molecule has 200 valence electrons. The Kier molecular flexibility index (Phi) is 8.63. The van der Waals surface area contributed by atoms with Gasteiger partial charge in [0.25, 0.3) is 0 Å². The Morgan fingerprint density at radius 2 is 1.84 bits per heavy atom. The maximum absolute atomic E-state index is 14.1. The highest BCUT2D eigenvalue weighted by Crippen LogP contribution is 2.31. The molecule has 2 fully saturated rings. The number of primary amides is 1. The molecule has 2 aromatic rings. The van der Waals surface area contributed by atoms with Gasteiger partial charge in [-0.15, -0.1) is 0 Å². The van der Waals surface area contributed by atoms with Crippen LogP contribution in [0.1, 0.15) is 56.9 Å². The number of nitrogens with zero attached hydrogens (tertiary/aromatic N) is 4. The number of aromatic nitrogens is 1. The summed E-state index contributed by atoms with van der Waals surface area (Å²) in [6.45, 7) is 1.06. The molecule has 4 N–H and O–H groups in total. The number of carbonyl (C=O) groups is 3. The lowest BCUT2D eigenvalue weighted by Crippen LogP contribution is -2.54. The molecule has 1 aromatic heterocycles. The Morgan fingerprint density at radius 3 is 2.54 bits per heavy atom. The van der Waals surface area contributed by atoms with Gasteiger partial charge in [0, 0.05) is 38.8 Å². The van der Waals surface area contributed by atoms with Crippen molar-refractivity contribution >= 4 is 34.3 Å². The molecule has 1 aliphatic carbocycles. The standard InChI is InChI=1S/C28H40N6O3/c1-32(2)25(35)18-33(17-20-10-11-22-21(15-20)12-13-31-26(22)29)24(16-19-7-4-3-5-8-19)28(37)34-14-6-9-23(34)27(30)36/h10-13,15,19,23-24H,3-9,14,16-18H2,1-2H3,(H2,29,31)(H2,30,36)/t23-,24+/m0/s1. The molecule has 3 amide bonds. The molecule has 2 aliphatic rings. The van der Waals surface area contributed by atoms with Crippen molar-refractivity contribution in [3.63, 3.8) is 0 Å². The third kappa shape index (κ3) is 6.39. The second kappa shape index (κ2) is 11.9.